The highest BCUT2D eigenvalue weighted by molar-refractivity contribution is 7.98. The lowest BCUT2D eigenvalue weighted by atomic mass is 10.1. The molecule has 9 heteroatoms. The molecule has 3 aromatic rings. The summed E-state index contributed by atoms with van der Waals surface area (Å²) in [6.07, 6.45) is -1.89. The monoisotopic (exact) mass is 384 g/mol. The van der Waals surface area contributed by atoms with Gasteiger partial charge in [0.1, 0.15) is 10.9 Å². The van der Waals surface area contributed by atoms with E-state index in [4.69, 9.17) is 11.6 Å². The molecule has 0 N–H and O–H groups in total. The molecule has 2 heterocycles. The van der Waals surface area contributed by atoms with Gasteiger partial charge in [0.15, 0.2) is 5.69 Å². The van der Waals surface area contributed by atoms with Crippen molar-refractivity contribution in [1.29, 1.82) is 0 Å². The van der Waals surface area contributed by atoms with E-state index >= 15 is 0 Å². The Morgan fingerprint density at radius 1 is 1.12 bits per heavy atom. The van der Waals surface area contributed by atoms with Crippen LogP contribution in [0.25, 0.3) is 11.4 Å². The summed E-state index contributed by atoms with van der Waals surface area (Å²) in [5, 5.41) is 0.943. The van der Waals surface area contributed by atoms with Crippen molar-refractivity contribution in [2.24, 2.45) is 7.05 Å². The first kappa shape index (κ1) is 17.8. The molecule has 0 unspecified atom stereocenters. The number of imidazole rings is 1. The zero-order valence-corrected chi connectivity index (χ0v) is 14.5. The van der Waals surface area contributed by atoms with Gasteiger partial charge < -0.3 is 4.57 Å². The maximum absolute atomic E-state index is 12.8. The van der Waals surface area contributed by atoms with Gasteiger partial charge in [-0.15, -0.1) is 11.8 Å². The van der Waals surface area contributed by atoms with Crippen LogP contribution in [0, 0.1) is 0 Å². The van der Waals surface area contributed by atoms with Gasteiger partial charge in [-0.25, -0.2) is 15.0 Å². The number of nitrogens with zero attached hydrogens (tertiary/aromatic N) is 4. The van der Waals surface area contributed by atoms with E-state index in [1.165, 1.54) is 16.3 Å². The van der Waals surface area contributed by atoms with Crippen LogP contribution in [0.2, 0.25) is 5.28 Å². The Kier molecular flexibility index (Phi) is 5.01. The summed E-state index contributed by atoms with van der Waals surface area (Å²) in [5.41, 5.74) is 0.732. The van der Waals surface area contributed by atoms with Gasteiger partial charge in [-0.05, 0) is 23.2 Å². The van der Waals surface area contributed by atoms with Gasteiger partial charge in [0.05, 0.1) is 0 Å². The number of rotatable bonds is 4. The van der Waals surface area contributed by atoms with Gasteiger partial charge in [-0.2, -0.15) is 13.2 Å². The first-order valence-electron chi connectivity index (χ1n) is 7.14. The van der Waals surface area contributed by atoms with Gasteiger partial charge in [-0.3, -0.25) is 0 Å². The summed E-state index contributed by atoms with van der Waals surface area (Å²) < 4.78 is 39.6. The van der Waals surface area contributed by atoms with Crippen LogP contribution in [-0.2, 0) is 19.0 Å². The second-order valence-electron chi connectivity index (χ2n) is 5.21. The van der Waals surface area contributed by atoms with E-state index in [1.807, 2.05) is 12.1 Å². The maximum atomic E-state index is 12.8. The van der Waals surface area contributed by atoms with E-state index in [0.29, 0.717) is 11.3 Å². The van der Waals surface area contributed by atoms with E-state index in [9.17, 15) is 13.2 Å². The van der Waals surface area contributed by atoms with Crippen LogP contribution >= 0.6 is 23.4 Å². The topological polar surface area (TPSA) is 43.6 Å². The van der Waals surface area contributed by atoms with Gasteiger partial charge in [-0.1, -0.05) is 24.3 Å². The molecule has 0 aliphatic carbocycles. The largest absolute Gasteiger partial charge is 0.434 e. The molecule has 0 radical (unpaired) electrons. The summed E-state index contributed by atoms with van der Waals surface area (Å²) in [6, 6.07) is 8.98. The normalized spacial score (nSPS) is 11.7. The molecule has 2 aromatic heterocycles. The molecule has 0 aliphatic rings. The average molecular weight is 385 g/mol. The fourth-order valence-corrected chi connectivity index (χ4v) is 3.19. The molecule has 0 amide bonds. The Bertz CT molecular complexity index is 878. The number of benzene rings is 1. The molecule has 0 fully saturated rings. The second kappa shape index (κ2) is 7.05. The number of thioether (sulfide) groups is 1. The highest BCUT2D eigenvalue weighted by atomic mass is 35.5. The predicted molar refractivity (Wildman–Crippen MR) is 90.2 cm³/mol. The lowest BCUT2D eigenvalue weighted by Gasteiger charge is -2.05. The van der Waals surface area contributed by atoms with Crippen LogP contribution in [0.1, 0.15) is 11.3 Å². The SMILES string of the molecule is Cn1cc(C(F)(F)F)nc1-c1ccc(CSc2ccnc(Cl)n2)cc1. The standard InChI is InChI=1S/C16H12ClF3N4S/c1-24-8-12(16(18,19)20)22-14(24)11-4-2-10(3-5-11)9-25-13-6-7-21-15(17)23-13/h2-8H,9H2,1H3. The molecule has 0 saturated carbocycles. The Hall–Kier alpha value is -2.06. The molecule has 3 rings (SSSR count). The van der Waals surface area contributed by atoms with Gasteiger partial charge in [0.2, 0.25) is 5.28 Å². The van der Waals surface area contributed by atoms with E-state index in [0.717, 1.165) is 16.8 Å². The van der Waals surface area contributed by atoms with E-state index in [2.05, 4.69) is 15.0 Å². The van der Waals surface area contributed by atoms with Crippen molar-refractivity contribution in [3.8, 4) is 11.4 Å². The summed E-state index contributed by atoms with van der Waals surface area (Å²) in [6.45, 7) is 0. The summed E-state index contributed by atoms with van der Waals surface area (Å²) in [4.78, 5) is 11.6. The van der Waals surface area contributed by atoms with Crippen LogP contribution < -0.4 is 0 Å². The number of hydrogen-bond donors (Lipinski definition) is 0. The molecule has 0 saturated heterocycles. The summed E-state index contributed by atoms with van der Waals surface area (Å²) in [7, 11) is 1.54. The number of hydrogen-bond acceptors (Lipinski definition) is 4. The fraction of sp³-hybridized carbons (Fsp3) is 0.188. The lowest BCUT2D eigenvalue weighted by Crippen LogP contribution is -2.04. The first-order valence-corrected chi connectivity index (χ1v) is 8.50. The molecule has 0 spiro atoms. The Labute approximate surface area is 151 Å². The van der Waals surface area contributed by atoms with Crippen molar-refractivity contribution < 1.29 is 13.2 Å². The predicted octanol–water partition coefficient (Wildman–Crippen LogP) is 4.84. The number of alkyl halides is 3. The Morgan fingerprint density at radius 3 is 2.44 bits per heavy atom. The van der Waals surface area contributed by atoms with Crippen LogP contribution in [0.15, 0.2) is 47.8 Å². The molecule has 25 heavy (non-hydrogen) atoms. The second-order valence-corrected chi connectivity index (χ2v) is 6.54. The fourth-order valence-electron chi connectivity index (χ4n) is 2.18. The smallest absolute Gasteiger partial charge is 0.333 e. The number of halogens is 4. The van der Waals surface area contributed by atoms with Crippen molar-refractivity contribution in [2.45, 2.75) is 17.0 Å². The first-order chi connectivity index (χ1) is 11.8. The van der Waals surface area contributed by atoms with Crippen molar-refractivity contribution in [1.82, 2.24) is 19.5 Å². The van der Waals surface area contributed by atoms with Crippen LogP contribution in [0.4, 0.5) is 13.2 Å². The van der Waals surface area contributed by atoms with Crippen LogP contribution in [0.5, 0.6) is 0 Å². The highest BCUT2D eigenvalue weighted by Gasteiger charge is 2.34. The van der Waals surface area contributed by atoms with Gasteiger partial charge in [0.25, 0.3) is 0 Å². The van der Waals surface area contributed by atoms with Crippen molar-refractivity contribution in [3.63, 3.8) is 0 Å². The molecule has 130 valence electrons. The molecule has 4 nitrogen and oxygen atoms in total. The molecular weight excluding hydrogens is 373 g/mol. The Balaban J connectivity index is 1.73. The van der Waals surface area contributed by atoms with Crippen LogP contribution in [-0.4, -0.2) is 19.5 Å². The average Bonchev–Trinajstić information content (AvgIpc) is 2.96. The molecule has 0 atom stereocenters. The molecule has 1 aromatic carbocycles. The highest BCUT2D eigenvalue weighted by Crippen LogP contribution is 2.31. The summed E-state index contributed by atoms with van der Waals surface area (Å²) >= 11 is 7.23. The van der Waals surface area contributed by atoms with E-state index in [1.54, 1.807) is 31.4 Å². The zero-order chi connectivity index (χ0) is 18.0. The van der Waals surface area contributed by atoms with E-state index < -0.39 is 11.9 Å². The zero-order valence-electron chi connectivity index (χ0n) is 13.0. The summed E-state index contributed by atoms with van der Waals surface area (Å²) in [5.74, 6) is 0.927. The third kappa shape index (κ3) is 4.32. The van der Waals surface area contributed by atoms with Gasteiger partial charge >= 0.3 is 6.18 Å². The molecule has 0 aliphatic heterocycles. The lowest BCUT2D eigenvalue weighted by molar-refractivity contribution is -0.140. The van der Waals surface area contributed by atoms with Crippen LogP contribution in [0.3, 0.4) is 0 Å². The minimum atomic E-state index is -4.45. The van der Waals surface area contributed by atoms with Gasteiger partial charge in [0, 0.05) is 30.8 Å². The Morgan fingerprint density at radius 2 is 1.84 bits per heavy atom. The number of aromatic nitrogens is 4. The quantitative estimate of drug-likeness (QED) is 0.366. The molecule has 0 bridgehead atoms. The van der Waals surface area contributed by atoms with Crippen molar-refractivity contribution in [3.05, 3.63) is 59.3 Å². The third-order valence-electron chi connectivity index (χ3n) is 3.37. The number of aryl methyl sites for hydroxylation is 1. The van der Waals surface area contributed by atoms with Crippen molar-refractivity contribution in [2.75, 3.05) is 0 Å². The maximum Gasteiger partial charge on any atom is 0.434 e. The molecular formula is C16H12ClF3N4S. The third-order valence-corrected chi connectivity index (χ3v) is 4.55. The van der Waals surface area contributed by atoms with E-state index in [-0.39, 0.29) is 11.1 Å². The minimum Gasteiger partial charge on any atom is -0.333 e. The minimum absolute atomic E-state index is 0.190. The van der Waals surface area contributed by atoms with Crippen molar-refractivity contribution >= 4 is 23.4 Å².